The lowest BCUT2D eigenvalue weighted by Gasteiger charge is -2.29. The van der Waals surface area contributed by atoms with Gasteiger partial charge in [0.25, 0.3) is 0 Å². The second-order valence-electron chi connectivity index (χ2n) is 7.45. The summed E-state index contributed by atoms with van der Waals surface area (Å²) in [5.41, 5.74) is 0.867. The fourth-order valence-corrected chi connectivity index (χ4v) is 4.97. The van der Waals surface area contributed by atoms with Crippen LogP contribution in [-0.2, 0) is 21.4 Å². The molecule has 0 aliphatic carbocycles. The zero-order valence-electron chi connectivity index (χ0n) is 16.1. The van der Waals surface area contributed by atoms with Gasteiger partial charge in [0.15, 0.2) is 0 Å². The van der Waals surface area contributed by atoms with E-state index >= 15 is 0 Å². The highest BCUT2D eigenvalue weighted by Crippen LogP contribution is 2.26. The van der Waals surface area contributed by atoms with Crippen molar-refractivity contribution in [2.24, 2.45) is 5.92 Å². The summed E-state index contributed by atoms with van der Waals surface area (Å²) in [7, 11) is -3.46. The average molecular weight is 392 g/mol. The van der Waals surface area contributed by atoms with Crippen molar-refractivity contribution in [1.82, 2.24) is 14.2 Å². The number of nitrogens with zero attached hydrogens (tertiary/aromatic N) is 2. The number of amides is 1. The van der Waals surface area contributed by atoms with Gasteiger partial charge in [-0.2, -0.15) is 4.31 Å². The zero-order chi connectivity index (χ0) is 19.4. The van der Waals surface area contributed by atoms with Crippen molar-refractivity contribution in [3.8, 4) is 0 Å². The summed E-state index contributed by atoms with van der Waals surface area (Å²) in [4.78, 5) is 12.4. The Kier molecular flexibility index (Phi) is 6.22. The Bertz CT molecular complexity index is 896. The van der Waals surface area contributed by atoms with E-state index in [4.69, 9.17) is 0 Å². The molecular formula is C20H29N3O3S. The fourth-order valence-electron chi connectivity index (χ4n) is 3.47. The average Bonchev–Trinajstić information content (AvgIpc) is 3.04. The molecule has 1 aliphatic heterocycles. The quantitative estimate of drug-likeness (QED) is 0.738. The second kappa shape index (κ2) is 8.44. The van der Waals surface area contributed by atoms with Gasteiger partial charge in [-0.05, 0) is 49.4 Å². The number of nitrogens with one attached hydrogen (secondary N) is 1. The van der Waals surface area contributed by atoms with Crippen molar-refractivity contribution >= 4 is 26.8 Å². The van der Waals surface area contributed by atoms with E-state index in [0.29, 0.717) is 30.4 Å². The normalized spacial score (nSPS) is 16.7. The summed E-state index contributed by atoms with van der Waals surface area (Å²) in [6.45, 7) is 6.34. The van der Waals surface area contributed by atoms with E-state index < -0.39 is 10.0 Å². The van der Waals surface area contributed by atoms with Gasteiger partial charge in [0.2, 0.25) is 15.9 Å². The molecule has 0 bridgehead atoms. The molecule has 6 nitrogen and oxygen atoms in total. The van der Waals surface area contributed by atoms with Crippen LogP contribution in [0.2, 0.25) is 0 Å². The Morgan fingerprint density at radius 2 is 1.96 bits per heavy atom. The van der Waals surface area contributed by atoms with Crippen molar-refractivity contribution in [3.63, 3.8) is 0 Å². The number of aromatic nitrogens is 1. The van der Waals surface area contributed by atoms with Gasteiger partial charge in [0.1, 0.15) is 6.54 Å². The Morgan fingerprint density at radius 3 is 2.67 bits per heavy atom. The summed E-state index contributed by atoms with van der Waals surface area (Å²) >= 11 is 0. The molecule has 0 atom stereocenters. The summed E-state index contributed by atoms with van der Waals surface area (Å²) in [6.07, 6.45) is 5.66. The minimum atomic E-state index is -3.46. The van der Waals surface area contributed by atoms with E-state index in [0.717, 1.165) is 36.6 Å². The predicted molar refractivity (Wildman–Crippen MR) is 107 cm³/mol. The summed E-state index contributed by atoms with van der Waals surface area (Å²) < 4.78 is 29.3. The zero-order valence-corrected chi connectivity index (χ0v) is 17.0. The lowest BCUT2D eigenvalue weighted by atomic mass is 10.0. The number of hydrogen-bond acceptors (Lipinski definition) is 3. The number of piperidine rings is 1. The SMILES string of the molecule is CCCCNC(=O)Cn1ccc2cc(S(=O)(=O)N3CCC(C)CC3)ccc21. The first-order chi connectivity index (χ1) is 12.9. The standard InChI is InChI=1S/C20H29N3O3S/c1-3-4-10-21-20(24)15-22-11-9-17-14-18(5-6-19(17)22)27(25,26)23-12-7-16(2)8-13-23/h5-6,9,11,14,16H,3-4,7-8,10,12-13,15H2,1-2H3,(H,21,24). The van der Waals surface area contributed by atoms with Crippen LogP contribution in [0.1, 0.15) is 39.5 Å². The summed E-state index contributed by atoms with van der Waals surface area (Å²) in [6, 6.07) is 7.04. The van der Waals surface area contributed by atoms with Gasteiger partial charge in [-0.15, -0.1) is 0 Å². The van der Waals surface area contributed by atoms with Crippen LogP contribution in [0.4, 0.5) is 0 Å². The maximum absolute atomic E-state index is 12.9. The van der Waals surface area contributed by atoms with Crippen LogP contribution in [0.15, 0.2) is 35.4 Å². The molecular weight excluding hydrogens is 362 g/mol. The Balaban J connectivity index is 1.76. The van der Waals surface area contributed by atoms with Gasteiger partial charge in [0.05, 0.1) is 4.90 Å². The molecule has 148 valence electrons. The van der Waals surface area contributed by atoms with E-state index in [1.165, 1.54) is 0 Å². The van der Waals surface area contributed by atoms with Crippen molar-refractivity contribution in [3.05, 3.63) is 30.5 Å². The van der Waals surface area contributed by atoms with E-state index in [9.17, 15) is 13.2 Å². The predicted octanol–water partition coefficient (Wildman–Crippen LogP) is 2.98. The van der Waals surface area contributed by atoms with Crippen molar-refractivity contribution < 1.29 is 13.2 Å². The number of carbonyl (C=O) groups excluding carboxylic acids is 1. The third-order valence-corrected chi connectivity index (χ3v) is 7.18. The van der Waals surface area contributed by atoms with Crippen molar-refractivity contribution in [2.45, 2.75) is 51.0 Å². The molecule has 1 saturated heterocycles. The van der Waals surface area contributed by atoms with Crippen LogP contribution in [0.3, 0.4) is 0 Å². The fraction of sp³-hybridized carbons (Fsp3) is 0.550. The molecule has 27 heavy (non-hydrogen) atoms. The number of rotatable bonds is 7. The van der Waals surface area contributed by atoms with Gasteiger partial charge >= 0.3 is 0 Å². The van der Waals surface area contributed by atoms with Crippen LogP contribution in [0.5, 0.6) is 0 Å². The molecule has 1 aromatic heterocycles. The number of benzene rings is 1. The van der Waals surface area contributed by atoms with Crippen LogP contribution in [-0.4, -0.2) is 42.8 Å². The highest BCUT2D eigenvalue weighted by Gasteiger charge is 2.28. The van der Waals surface area contributed by atoms with Crippen LogP contribution in [0.25, 0.3) is 10.9 Å². The Hall–Kier alpha value is -1.86. The molecule has 3 rings (SSSR count). The molecule has 0 radical (unpaired) electrons. The molecule has 1 N–H and O–H groups in total. The lowest BCUT2D eigenvalue weighted by Crippen LogP contribution is -2.37. The van der Waals surface area contributed by atoms with Gasteiger partial charge in [-0.25, -0.2) is 8.42 Å². The van der Waals surface area contributed by atoms with E-state index in [-0.39, 0.29) is 12.5 Å². The molecule has 7 heteroatoms. The van der Waals surface area contributed by atoms with Crippen molar-refractivity contribution in [1.29, 1.82) is 0 Å². The minimum absolute atomic E-state index is 0.0277. The number of sulfonamides is 1. The number of fused-ring (bicyclic) bond motifs is 1. The second-order valence-corrected chi connectivity index (χ2v) is 9.39. The first-order valence-corrected chi connectivity index (χ1v) is 11.2. The monoisotopic (exact) mass is 391 g/mol. The topological polar surface area (TPSA) is 71.4 Å². The maximum Gasteiger partial charge on any atom is 0.243 e. The van der Waals surface area contributed by atoms with Gasteiger partial charge in [-0.1, -0.05) is 20.3 Å². The molecule has 2 heterocycles. The lowest BCUT2D eigenvalue weighted by molar-refractivity contribution is -0.121. The smallest absolute Gasteiger partial charge is 0.243 e. The third-order valence-electron chi connectivity index (χ3n) is 5.29. The third kappa shape index (κ3) is 4.52. The van der Waals surface area contributed by atoms with Gasteiger partial charge in [-0.3, -0.25) is 4.79 Å². The first kappa shape index (κ1) is 19.9. The minimum Gasteiger partial charge on any atom is -0.355 e. The molecule has 0 saturated carbocycles. The first-order valence-electron chi connectivity index (χ1n) is 9.77. The summed E-state index contributed by atoms with van der Waals surface area (Å²) in [5, 5.41) is 3.74. The molecule has 2 aromatic rings. The Morgan fingerprint density at radius 1 is 1.22 bits per heavy atom. The molecule has 1 fully saturated rings. The van der Waals surface area contributed by atoms with Crippen LogP contribution < -0.4 is 5.32 Å². The molecule has 0 spiro atoms. The van der Waals surface area contributed by atoms with E-state index in [1.807, 2.05) is 16.8 Å². The van der Waals surface area contributed by atoms with Crippen LogP contribution >= 0.6 is 0 Å². The molecule has 1 aliphatic rings. The number of hydrogen-bond donors (Lipinski definition) is 1. The van der Waals surface area contributed by atoms with Gasteiger partial charge < -0.3 is 9.88 Å². The largest absolute Gasteiger partial charge is 0.355 e. The number of carbonyl (C=O) groups is 1. The number of unbranched alkanes of at least 4 members (excludes halogenated alkanes) is 1. The van der Waals surface area contributed by atoms with E-state index in [2.05, 4.69) is 19.2 Å². The summed E-state index contributed by atoms with van der Waals surface area (Å²) in [5.74, 6) is 0.552. The molecule has 0 unspecified atom stereocenters. The molecule has 1 aromatic carbocycles. The van der Waals surface area contributed by atoms with Crippen molar-refractivity contribution in [2.75, 3.05) is 19.6 Å². The maximum atomic E-state index is 12.9. The molecule has 1 amide bonds. The van der Waals surface area contributed by atoms with E-state index in [1.54, 1.807) is 22.5 Å². The Labute approximate surface area is 161 Å². The highest BCUT2D eigenvalue weighted by molar-refractivity contribution is 7.89. The van der Waals surface area contributed by atoms with Crippen LogP contribution in [0, 0.1) is 5.92 Å². The van der Waals surface area contributed by atoms with Gasteiger partial charge in [0, 0.05) is 36.7 Å². The highest BCUT2D eigenvalue weighted by atomic mass is 32.2.